The number of hydrogen-bond acceptors (Lipinski definition) is 3. The van der Waals surface area contributed by atoms with E-state index in [0.717, 1.165) is 0 Å². The summed E-state index contributed by atoms with van der Waals surface area (Å²) in [6.45, 7) is 5.72. The van der Waals surface area contributed by atoms with Crippen LogP contribution in [0.15, 0.2) is 42.5 Å². The van der Waals surface area contributed by atoms with E-state index in [1.165, 1.54) is 12.1 Å². The zero-order valence-corrected chi connectivity index (χ0v) is 12.8. The highest BCUT2D eigenvalue weighted by molar-refractivity contribution is 5.95. The Bertz CT molecular complexity index is 693. The minimum absolute atomic E-state index is 0.0608. The molecule has 0 atom stereocenters. The van der Waals surface area contributed by atoms with Crippen molar-refractivity contribution in [2.45, 2.75) is 26.3 Å². The van der Waals surface area contributed by atoms with Crippen molar-refractivity contribution in [3.63, 3.8) is 0 Å². The number of ether oxygens (including phenoxy) is 1. The number of benzene rings is 2. The number of nitrogen functional groups attached to an aromatic ring is 1. The van der Waals surface area contributed by atoms with Gasteiger partial charge in [0.25, 0.3) is 5.91 Å². The molecule has 116 valence electrons. The first kappa shape index (κ1) is 15.8. The van der Waals surface area contributed by atoms with Crippen molar-refractivity contribution < 1.29 is 13.9 Å². The third kappa shape index (κ3) is 4.22. The molecule has 2 aromatic carbocycles. The van der Waals surface area contributed by atoms with E-state index in [4.69, 9.17) is 10.5 Å². The lowest BCUT2D eigenvalue weighted by molar-refractivity contribution is 0.0919. The fourth-order valence-electron chi connectivity index (χ4n) is 1.82. The lowest BCUT2D eigenvalue weighted by atomic mass is 10.1. The van der Waals surface area contributed by atoms with Crippen LogP contribution in [0.2, 0.25) is 0 Å². The molecule has 0 unspecified atom stereocenters. The highest BCUT2D eigenvalue weighted by Crippen LogP contribution is 2.25. The molecular weight excluding hydrogens is 283 g/mol. The Hall–Kier alpha value is -2.56. The van der Waals surface area contributed by atoms with Crippen LogP contribution in [0.3, 0.4) is 0 Å². The van der Waals surface area contributed by atoms with Crippen molar-refractivity contribution in [2.24, 2.45) is 0 Å². The summed E-state index contributed by atoms with van der Waals surface area (Å²) in [7, 11) is 0. The Balaban J connectivity index is 2.17. The molecule has 0 radical (unpaired) electrons. The Kier molecular flexibility index (Phi) is 4.35. The number of amides is 1. The molecule has 1 amide bonds. The molecule has 0 heterocycles. The van der Waals surface area contributed by atoms with E-state index in [9.17, 15) is 9.18 Å². The zero-order valence-electron chi connectivity index (χ0n) is 12.8. The maximum atomic E-state index is 13.4. The largest absolute Gasteiger partial charge is 0.457 e. The predicted molar refractivity (Wildman–Crippen MR) is 84.5 cm³/mol. The van der Waals surface area contributed by atoms with Gasteiger partial charge in [0.15, 0.2) is 0 Å². The number of carbonyl (C=O) groups is 1. The van der Waals surface area contributed by atoms with Gasteiger partial charge >= 0.3 is 0 Å². The summed E-state index contributed by atoms with van der Waals surface area (Å²) >= 11 is 0. The molecule has 0 saturated heterocycles. The molecule has 2 rings (SSSR count). The normalized spacial score (nSPS) is 11.1. The van der Waals surface area contributed by atoms with Crippen molar-refractivity contribution >= 4 is 11.6 Å². The first-order chi connectivity index (χ1) is 10.2. The molecular formula is C17H19FN2O2. The van der Waals surface area contributed by atoms with Gasteiger partial charge in [-0.2, -0.15) is 0 Å². The molecule has 0 aliphatic carbocycles. The van der Waals surface area contributed by atoms with Crippen LogP contribution in [0.5, 0.6) is 11.5 Å². The van der Waals surface area contributed by atoms with Gasteiger partial charge in [-0.05, 0) is 51.1 Å². The number of carbonyl (C=O) groups excluding carboxylic acids is 1. The van der Waals surface area contributed by atoms with Crippen LogP contribution >= 0.6 is 0 Å². The molecule has 2 aromatic rings. The van der Waals surface area contributed by atoms with Gasteiger partial charge in [-0.15, -0.1) is 0 Å². The Morgan fingerprint density at radius 3 is 2.45 bits per heavy atom. The monoisotopic (exact) mass is 302 g/mol. The molecule has 0 bridgehead atoms. The molecule has 0 aliphatic heterocycles. The highest BCUT2D eigenvalue weighted by atomic mass is 19.1. The molecule has 0 aliphatic rings. The lowest BCUT2D eigenvalue weighted by Crippen LogP contribution is -2.40. The van der Waals surface area contributed by atoms with Crippen LogP contribution in [0.25, 0.3) is 0 Å². The highest BCUT2D eigenvalue weighted by Gasteiger charge is 2.15. The van der Waals surface area contributed by atoms with Crippen molar-refractivity contribution in [1.29, 1.82) is 0 Å². The summed E-state index contributed by atoms with van der Waals surface area (Å²) in [6, 6.07) is 10.9. The summed E-state index contributed by atoms with van der Waals surface area (Å²) in [5, 5.41) is 2.87. The van der Waals surface area contributed by atoms with E-state index in [-0.39, 0.29) is 17.1 Å². The average Bonchev–Trinajstić information content (AvgIpc) is 2.41. The summed E-state index contributed by atoms with van der Waals surface area (Å²) in [5.41, 5.74) is 5.63. The third-order valence-corrected chi connectivity index (χ3v) is 2.79. The second-order valence-corrected chi connectivity index (χ2v) is 6.02. The second kappa shape index (κ2) is 6.05. The Labute approximate surface area is 129 Å². The van der Waals surface area contributed by atoms with Gasteiger partial charge in [0, 0.05) is 17.2 Å². The maximum Gasteiger partial charge on any atom is 0.251 e. The minimum atomic E-state index is -0.542. The van der Waals surface area contributed by atoms with Gasteiger partial charge in [0.1, 0.15) is 17.3 Å². The topological polar surface area (TPSA) is 64.3 Å². The van der Waals surface area contributed by atoms with Gasteiger partial charge in [0.2, 0.25) is 0 Å². The van der Waals surface area contributed by atoms with Crippen LogP contribution < -0.4 is 15.8 Å². The van der Waals surface area contributed by atoms with E-state index in [2.05, 4.69) is 5.32 Å². The van der Waals surface area contributed by atoms with Gasteiger partial charge in [-0.25, -0.2) is 4.39 Å². The van der Waals surface area contributed by atoms with E-state index in [1.807, 2.05) is 20.8 Å². The summed E-state index contributed by atoms with van der Waals surface area (Å²) in [4.78, 5) is 12.1. The lowest BCUT2D eigenvalue weighted by Gasteiger charge is -2.20. The first-order valence-electron chi connectivity index (χ1n) is 6.90. The van der Waals surface area contributed by atoms with Crippen molar-refractivity contribution in [3.8, 4) is 11.5 Å². The van der Waals surface area contributed by atoms with Crippen molar-refractivity contribution in [3.05, 3.63) is 53.8 Å². The standard InChI is InChI=1S/C17H19FN2O2/c1-17(2,3)20-16(21)11-5-4-6-12(9-11)22-13-7-8-15(19)14(18)10-13/h4-10H,19H2,1-3H3,(H,20,21). The molecule has 22 heavy (non-hydrogen) atoms. The number of rotatable bonds is 3. The Morgan fingerprint density at radius 2 is 1.82 bits per heavy atom. The fourth-order valence-corrected chi connectivity index (χ4v) is 1.82. The average molecular weight is 302 g/mol. The van der Waals surface area contributed by atoms with E-state index in [1.54, 1.807) is 30.3 Å². The SMILES string of the molecule is CC(C)(C)NC(=O)c1cccc(Oc2ccc(N)c(F)c2)c1. The number of anilines is 1. The molecule has 0 saturated carbocycles. The third-order valence-electron chi connectivity index (χ3n) is 2.79. The van der Waals surface area contributed by atoms with Gasteiger partial charge < -0.3 is 15.8 Å². The maximum absolute atomic E-state index is 13.4. The number of nitrogens with two attached hydrogens (primary N) is 1. The number of nitrogens with one attached hydrogen (secondary N) is 1. The smallest absolute Gasteiger partial charge is 0.251 e. The predicted octanol–water partition coefficient (Wildman–Crippen LogP) is 3.73. The minimum Gasteiger partial charge on any atom is -0.457 e. The van der Waals surface area contributed by atoms with Crippen LogP contribution in [-0.4, -0.2) is 11.4 Å². The van der Waals surface area contributed by atoms with E-state index in [0.29, 0.717) is 17.1 Å². The summed E-state index contributed by atoms with van der Waals surface area (Å²) < 4.78 is 19.0. The van der Waals surface area contributed by atoms with E-state index >= 15 is 0 Å². The molecule has 0 aromatic heterocycles. The van der Waals surface area contributed by atoms with Crippen LogP contribution in [0.4, 0.5) is 10.1 Å². The van der Waals surface area contributed by atoms with Crippen molar-refractivity contribution in [1.82, 2.24) is 5.32 Å². The van der Waals surface area contributed by atoms with Crippen LogP contribution in [0.1, 0.15) is 31.1 Å². The molecule has 5 heteroatoms. The molecule has 0 spiro atoms. The second-order valence-electron chi connectivity index (χ2n) is 6.02. The quantitative estimate of drug-likeness (QED) is 0.849. The zero-order chi connectivity index (χ0) is 16.3. The fraction of sp³-hybridized carbons (Fsp3) is 0.235. The number of halogens is 1. The molecule has 0 fully saturated rings. The first-order valence-corrected chi connectivity index (χ1v) is 6.90. The number of hydrogen-bond donors (Lipinski definition) is 2. The van der Waals surface area contributed by atoms with E-state index < -0.39 is 5.82 Å². The Morgan fingerprint density at radius 1 is 1.14 bits per heavy atom. The van der Waals surface area contributed by atoms with Gasteiger partial charge in [-0.3, -0.25) is 4.79 Å². The van der Waals surface area contributed by atoms with Crippen LogP contribution in [-0.2, 0) is 0 Å². The van der Waals surface area contributed by atoms with Gasteiger partial charge in [0.05, 0.1) is 5.69 Å². The van der Waals surface area contributed by atoms with Gasteiger partial charge in [-0.1, -0.05) is 6.07 Å². The van der Waals surface area contributed by atoms with Crippen molar-refractivity contribution in [2.75, 3.05) is 5.73 Å². The summed E-state index contributed by atoms with van der Waals surface area (Å²) in [5.74, 6) is 0.0337. The van der Waals surface area contributed by atoms with Crippen LogP contribution in [0, 0.1) is 5.82 Å². The summed E-state index contributed by atoms with van der Waals surface area (Å²) in [6.07, 6.45) is 0. The molecule has 4 nitrogen and oxygen atoms in total. The molecule has 3 N–H and O–H groups in total.